The zero-order valence-corrected chi connectivity index (χ0v) is 16.9. The van der Waals surface area contributed by atoms with Gasteiger partial charge in [-0.05, 0) is 38.3 Å². The van der Waals surface area contributed by atoms with Crippen molar-refractivity contribution in [1.82, 2.24) is 4.57 Å². The number of carboxylic acid groups (broad SMARTS) is 1. The van der Waals surface area contributed by atoms with Gasteiger partial charge in [-0.25, -0.2) is 4.79 Å². The Bertz CT molecular complexity index is 605. The van der Waals surface area contributed by atoms with Crippen LogP contribution in [-0.2, 0) is 22.4 Å². The molecule has 1 N–H and O–H groups in total. The number of rotatable bonds is 7. The topological polar surface area (TPSA) is 66.8 Å². The molecule has 5 nitrogen and oxygen atoms in total. The van der Waals surface area contributed by atoms with Gasteiger partial charge in [-0.2, -0.15) is 0 Å². The molecule has 1 atom stereocenters. The minimum absolute atomic E-state index is 0.258. The third-order valence-electron chi connectivity index (χ3n) is 3.61. The predicted octanol–water partition coefficient (Wildman–Crippen LogP) is 3.63. The maximum atomic E-state index is 12.5. The van der Waals surface area contributed by atoms with Crippen LogP contribution in [0.5, 0.6) is 0 Å². The van der Waals surface area contributed by atoms with Gasteiger partial charge in [0, 0.05) is 6.42 Å². The number of ether oxygens (including phenoxy) is 1. The maximum Gasteiger partial charge on any atom is 0.402 e. The molecule has 6 heteroatoms. The molecule has 0 aromatic heterocycles. The average molecular weight is 364 g/mol. The Kier molecular flexibility index (Phi) is 7.42. The van der Waals surface area contributed by atoms with Gasteiger partial charge in [-0.15, -0.1) is 6.58 Å². The third-order valence-corrected chi connectivity index (χ3v) is 5.30. The SMILES string of the molecule is C=CCc1ccc(C[C@@H](C(=O)O)N(C(=O)OC(C)(C)C)[SiH](C)C)cc1. The Balaban J connectivity index is 3.03. The van der Waals surface area contributed by atoms with E-state index < -0.39 is 32.7 Å². The van der Waals surface area contributed by atoms with Crippen LogP contribution in [0.15, 0.2) is 36.9 Å². The largest absolute Gasteiger partial charge is 0.480 e. The Hall–Kier alpha value is -2.08. The highest BCUT2D eigenvalue weighted by atomic mass is 28.3. The number of amides is 1. The summed E-state index contributed by atoms with van der Waals surface area (Å²) in [5.74, 6) is -1.01. The molecule has 1 rings (SSSR count). The lowest BCUT2D eigenvalue weighted by Crippen LogP contribution is -2.53. The van der Waals surface area contributed by atoms with Gasteiger partial charge in [-0.3, -0.25) is 4.79 Å². The van der Waals surface area contributed by atoms with E-state index in [1.807, 2.05) is 43.4 Å². The van der Waals surface area contributed by atoms with Crippen LogP contribution >= 0.6 is 0 Å². The van der Waals surface area contributed by atoms with E-state index in [2.05, 4.69) is 6.58 Å². The van der Waals surface area contributed by atoms with E-state index >= 15 is 0 Å². The van der Waals surface area contributed by atoms with E-state index in [0.29, 0.717) is 0 Å². The molecule has 25 heavy (non-hydrogen) atoms. The Morgan fingerprint density at radius 3 is 2.16 bits per heavy atom. The van der Waals surface area contributed by atoms with E-state index in [1.165, 1.54) is 4.57 Å². The van der Waals surface area contributed by atoms with Crippen LogP contribution in [0.25, 0.3) is 0 Å². The number of allylic oxidation sites excluding steroid dienone is 1. The van der Waals surface area contributed by atoms with E-state index in [9.17, 15) is 14.7 Å². The molecule has 0 heterocycles. The number of nitrogens with zero attached hydrogens (tertiary/aromatic N) is 1. The zero-order valence-electron chi connectivity index (χ0n) is 15.8. The highest BCUT2D eigenvalue weighted by Crippen LogP contribution is 2.17. The van der Waals surface area contributed by atoms with Crippen molar-refractivity contribution in [3.8, 4) is 0 Å². The van der Waals surface area contributed by atoms with Crippen LogP contribution in [-0.4, -0.2) is 42.3 Å². The molecule has 0 fully saturated rings. The second-order valence-corrected chi connectivity index (χ2v) is 10.1. The lowest BCUT2D eigenvalue weighted by Gasteiger charge is -2.34. The van der Waals surface area contributed by atoms with E-state index in [0.717, 1.165) is 17.5 Å². The van der Waals surface area contributed by atoms with Crippen molar-refractivity contribution in [2.24, 2.45) is 0 Å². The molecule has 0 bridgehead atoms. The normalized spacial score (nSPS) is 12.6. The van der Waals surface area contributed by atoms with Crippen LogP contribution in [0.3, 0.4) is 0 Å². The molecular formula is C19H29NO4Si. The minimum atomic E-state index is -1.74. The van der Waals surface area contributed by atoms with Gasteiger partial charge >= 0.3 is 12.1 Å². The molecule has 0 aliphatic carbocycles. The molecule has 0 saturated carbocycles. The third kappa shape index (κ3) is 6.74. The average Bonchev–Trinajstić information content (AvgIpc) is 2.46. The molecule has 0 aliphatic heterocycles. The van der Waals surface area contributed by atoms with Gasteiger partial charge in [0.1, 0.15) is 20.6 Å². The lowest BCUT2D eigenvalue weighted by molar-refractivity contribution is -0.141. The molecule has 0 saturated heterocycles. The summed E-state index contributed by atoms with van der Waals surface area (Å²) in [5, 5.41) is 9.70. The van der Waals surface area contributed by atoms with Crippen LogP contribution in [0.1, 0.15) is 31.9 Å². The summed E-state index contributed by atoms with van der Waals surface area (Å²) >= 11 is 0. The van der Waals surface area contributed by atoms with Crippen molar-refractivity contribution in [1.29, 1.82) is 0 Å². The second-order valence-electron chi connectivity index (χ2n) is 7.35. The maximum absolute atomic E-state index is 12.5. The second kappa shape index (κ2) is 8.85. The van der Waals surface area contributed by atoms with Crippen LogP contribution in [0.2, 0.25) is 13.1 Å². The van der Waals surface area contributed by atoms with Crippen molar-refractivity contribution in [2.45, 2.75) is 58.3 Å². The minimum Gasteiger partial charge on any atom is -0.480 e. The molecule has 0 unspecified atom stereocenters. The van der Waals surface area contributed by atoms with Gasteiger partial charge in [0.15, 0.2) is 0 Å². The van der Waals surface area contributed by atoms with Crippen molar-refractivity contribution >= 4 is 21.0 Å². The summed E-state index contributed by atoms with van der Waals surface area (Å²) in [7, 11) is -1.74. The summed E-state index contributed by atoms with van der Waals surface area (Å²) in [4.78, 5) is 24.4. The smallest absolute Gasteiger partial charge is 0.402 e. The monoisotopic (exact) mass is 363 g/mol. The first-order valence-electron chi connectivity index (χ1n) is 8.48. The number of carbonyl (C=O) groups is 2. The Labute approximate surface area is 152 Å². The van der Waals surface area contributed by atoms with Crippen LogP contribution < -0.4 is 0 Å². The summed E-state index contributed by atoms with van der Waals surface area (Å²) < 4.78 is 6.86. The van der Waals surface area contributed by atoms with Gasteiger partial charge in [-0.1, -0.05) is 43.4 Å². The fraction of sp³-hybridized carbons (Fsp3) is 0.474. The number of hydrogen-bond donors (Lipinski definition) is 1. The number of hydrogen-bond acceptors (Lipinski definition) is 3. The van der Waals surface area contributed by atoms with Crippen molar-refractivity contribution in [3.05, 3.63) is 48.0 Å². The standard InChI is InChI=1S/C19H29NO4Si/c1-7-8-14-9-11-15(12-10-14)13-16(17(21)22)20(25(5)6)18(23)24-19(2,3)4/h7,9-12,16,25H,1,8,13H2,2-6H3,(H,21,22)/t16-/m0/s1. The van der Waals surface area contributed by atoms with Gasteiger partial charge in [0.05, 0.1) is 0 Å². The zero-order chi connectivity index (χ0) is 19.2. The number of aliphatic carboxylic acids is 1. The van der Waals surface area contributed by atoms with Crippen LogP contribution in [0.4, 0.5) is 4.79 Å². The number of carboxylic acids is 1. The van der Waals surface area contributed by atoms with Crippen molar-refractivity contribution < 1.29 is 19.4 Å². The van der Waals surface area contributed by atoms with Crippen LogP contribution in [0, 0.1) is 0 Å². The number of benzene rings is 1. The Morgan fingerprint density at radius 2 is 1.76 bits per heavy atom. The first-order valence-corrected chi connectivity index (χ1v) is 11.3. The van der Waals surface area contributed by atoms with E-state index in [1.54, 1.807) is 20.8 Å². The summed E-state index contributed by atoms with van der Waals surface area (Å²) in [6.07, 6.45) is 2.30. The molecule has 1 aromatic rings. The highest BCUT2D eigenvalue weighted by molar-refractivity contribution is 6.55. The molecule has 0 spiro atoms. The first-order chi connectivity index (χ1) is 11.5. The molecular weight excluding hydrogens is 334 g/mol. The molecule has 138 valence electrons. The summed E-state index contributed by atoms with van der Waals surface area (Å²) in [5.41, 5.74) is 1.34. The molecule has 1 aromatic carbocycles. The fourth-order valence-electron chi connectivity index (χ4n) is 2.52. The van der Waals surface area contributed by atoms with Crippen molar-refractivity contribution in [2.75, 3.05) is 0 Å². The van der Waals surface area contributed by atoms with Crippen molar-refractivity contribution in [3.63, 3.8) is 0 Å². The van der Waals surface area contributed by atoms with Gasteiger partial charge in [0.2, 0.25) is 0 Å². The summed E-state index contributed by atoms with van der Waals surface area (Å²) in [6.45, 7) is 12.9. The molecule has 0 aliphatic rings. The quantitative estimate of drug-likeness (QED) is 0.593. The number of carbonyl (C=O) groups excluding carboxylic acids is 1. The summed E-state index contributed by atoms with van der Waals surface area (Å²) in [6, 6.07) is 6.81. The fourth-order valence-corrected chi connectivity index (χ4v) is 3.95. The van der Waals surface area contributed by atoms with Gasteiger partial charge < -0.3 is 14.4 Å². The predicted molar refractivity (Wildman–Crippen MR) is 102 cm³/mol. The Morgan fingerprint density at radius 1 is 1.24 bits per heavy atom. The molecule has 0 radical (unpaired) electrons. The lowest BCUT2D eigenvalue weighted by atomic mass is 10.0. The first kappa shape index (κ1) is 21.0. The molecule has 1 amide bonds. The van der Waals surface area contributed by atoms with E-state index in [4.69, 9.17) is 4.74 Å². The highest BCUT2D eigenvalue weighted by Gasteiger charge is 2.34. The van der Waals surface area contributed by atoms with E-state index in [-0.39, 0.29) is 6.42 Å². The van der Waals surface area contributed by atoms with Gasteiger partial charge in [0.25, 0.3) is 0 Å².